The summed E-state index contributed by atoms with van der Waals surface area (Å²) < 4.78 is 28.0. The Kier molecular flexibility index (Phi) is 6.21. The number of aryl methyl sites for hydroxylation is 1. The summed E-state index contributed by atoms with van der Waals surface area (Å²) in [4.78, 5) is 12.6. The van der Waals surface area contributed by atoms with Gasteiger partial charge in [0.2, 0.25) is 10.0 Å². The van der Waals surface area contributed by atoms with Crippen molar-refractivity contribution in [2.45, 2.75) is 51.1 Å². The van der Waals surface area contributed by atoms with E-state index in [9.17, 15) is 13.2 Å². The fourth-order valence-corrected chi connectivity index (χ4v) is 3.64. The van der Waals surface area contributed by atoms with Gasteiger partial charge >= 0.3 is 0 Å². The maximum absolute atomic E-state index is 12.7. The fraction of sp³-hybridized carbons (Fsp3) is 0.350. The maximum atomic E-state index is 12.7. The number of amides is 1. The molecule has 5 nitrogen and oxygen atoms in total. The molecule has 0 aromatic heterocycles. The largest absolute Gasteiger partial charge is 0.347 e. The van der Waals surface area contributed by atoms with Crippen molar-refractivity contribution in [1.82, 2.24) is 10.0 Å². The van der Waals surface area contributed by atoms with Crippen LogP contribution in [0.1, 0.15) is 48.7 Å². The van der Waals surface area contributed by atoms with Gasteiger partial charge in [-0.05, 0) is 50.5 Å². The standard InChI is InChI=1S/C20H26N2O3S/c1-5-20(3,4)22-19(23)17-12-11-15(2)18(13-17)26(24,25)21-14-16-9-7-6-8-10-16/h6-13,21H,5,14H2,1-4H3,(H,22,23). The third-order valence-corrected chi connectivity index (χ3v) is 5.93. The fourth-order valence-electron chi connectivity index (χ4n) is 2.35. The van der Waals surface area contributed by atoms with Gasteiger partial charge in [-0.1, -0.05) is 43.3 Å². The Balaban J connectivity index is 2.24. The van der Waals surface area contributed by atoms with Gasteiger partial charge in [0, 0.05) is 17.6 Å². The monoisotopic (exact) mass is 374 g/mol. The molecule has 0 saturated heterocycles. The molecule has 0 unspecified atom stereocenters. The normalized spacial score (nSPS) is 12.0. The maximum Gasteiger partial charge on any atom is 0.251 e. The molecule has 0 spiro atoms. The summed E-state index contributed by atoms with van der Waals surface area (Å²) in [6, 6.07) is 14.0. The number of nitrogens with one attached hydrogen (secondary N) is 2. The van der Waals surface area contributed by atoms with Crippen LogP contribution in [0.2, 0.25) is 0 Å². The quantitative estimate of drug-likeness (QED) is 0.780. The molecule has 0 aliphatic carbocycles. The summed E-state index contributed by atoms with van der Waals surface area (Å²) in [6.45, 7) is 7.76. The number of carbonyl (C=O) groups is 1. The third-order valence-electron chi connectivity index (χ3n) is 4.38. The Labute approximate surface area is 155 Å². The topological polar surface area (TPSA) is 75.3 Å². The molecule has 140 valence electrons. The zero-order chi connectivity index (χ0) is 19.4. The highest BCUT2D eigenvalue weighted by Gasteiger charge is 2.22. The van der Waals surface area contributed by atoms with Crippen LogP contribution >= 0.6 is 0 Å². The van der Waals surface area contributed by atoms with Crippen molar-refractivity contribution < 1.29 is 13.2 Å². The summed E-state index contributed by atoms with van der Waals surface area (Å²) in [5.41, 5.74) is 1.44. The molecule has 0 fully saturated rings. The lowest BCUT2D eigenvalue weighted by atomic mass is 10.0. The first kappa shape index (κ1) is 20.1. The van der Waals surface area contributed by atoms with Gasteiger partial charge in [0.1, 0.15) is 0 Å². The highest BCUT2D eigenvalue weighted by Crippen LogP contribution is 2.18. The first-order chi connectivity index (χ1) is 12.1. The van der Waals surface area contributed by atoms with Crippen molar-refractivity contribution in [3.8, 4) is 0 Å². The summed E-state index contributed by atoms with van der Waals surface area (Å²) in [5.74, 6) is -0.281. The predicted molar refractivity (Wildman–Crippen MR) is 103 cm³/mol. The molecule has 6 heteroatoms. The van der Waals surface area contributed by atoms with Crippen LogP contribution in [0.15, 0.2) is 53.4 Å². The lowest BCUT2D eigenvalue weighted by Gasteiger charge is -2.24. The molecular formula is C20H26N2O3S. The van der Waals surface area contributed by atoms with Crippen molar-refractivity contribution >= 4 is 15.9 Å². The van der Waals surface area contributed by atoms with Gasteiger partial charge in [0.25, 0.3) is 5.91 Å². The van der Waals surface area contributed by atoms with Gasteiger partial charge in [-0.2, -0.15) is 0 Å². The van der Waals surface area contributed by atoms with Gasteiger partial charge < -0.3 is 5.32 Å². The molecule has 2 N–H and O–H groups in total. The first-order valence-electron chi connectivity index (χ1n) is 8.61. The number of carbonyl (C=O) groups excluding carboxylic acids is 1. The lowest BCUT2D eigenvalue weighted by molar-refractivity contribution is 0.0911. The van der Waals surface area contributed by atoms with Gasteiger partial charge in [-0.3, -0.25) is 4.79 Å². The smallest absolute Gasteiger partial charge is 0.251 e. The van der Waals surface area contributed by atoms with Crippen LogP contribution in [-0.2, 0) is 16.6 Å². The van der Waals surface area contributed by atoms with E-state index in [1.165, 1.54) is 6.07 Å². The van der Waals surface area contributed by atoms with Gasteiger partial charge in [0.05, 0.1) is 4.90 Å². The van der Waals surface area contributed by atoms with E-state index in [1.54, 1.807) is 19.1 Å². The zero-order valence-electron chi connectivity index (χ0n) is 15.7. The summed E-state index contributed by atoms with van der Waals surface area (Å²) in [5, 5.41) is 2.92. The van der Waals surface area contributed by atoms with E-state index < -0.39 is 10.0 Å². The summed E-state index contributed by atoms with van der Waals surface area (Å²) in [7, 11) is -3.72. The van der Waals surface area contributed by atoms with Crippen LogP contribution in [0.25, 0.3) is 0 Å². The molecule has 1 amide bonds. The molecule has 2 aromatic rings. The third kappa shape index (κ3) is 5.16. The van der Waals surface area contributed by atoms with Crippen LogP contribution in [0.4, 0.5) is 0 Å². The summed E-state index contributed by atoms with van der Waals surface area (Å²) >= 11 is 0. The number of hydrogen-bond donors (Lipinski definition) is 2. The van der Waals surface area contributed by atoms with Crippen LogP contribution < -0.4 is 10.0 Å². The molecule has 2 aromatic carbocycles. The van der Waals surface area contributed by atoms with E-state index in [-0.39, 0.29) is 22.9 Å². The van der Waals surface area contributed by atoms with Crippen molar-refractivity contribution in [1.29, 1.82) is 0 Å². The SMILES string of the molecule is CCC(C)(C)NC(=O)c1ccc(C)c(S(=O)(=O)NCc2ccccc2)c1. The van der Waals surface area contributed by atoms with E-state index in [4.69, 9.17) is 0 Å². The minimum Gasteiger partial charge on any atom is -0.347 e. The van der Waals surface area contributed by atoms with Crippen LogP contribution in [0.5, 0.6) is 0 Å². The molecular weight excluding hydrogens is 348 g/mol. The average molecular weight is 375 g/mol. The molecule has 0 aliphatic rings. The summed E-state index contributed by atoms with van der Waals surface area (Å²) in [6.07, 6.45) is 0.772. The Bertz CT molecular complexity index is 875. The number of benzene rings is 2. The van der Waals surface area contributed by atoms with Gasteiger partial charge in [-0.15, -0.1) is 0 Å². The number of hydrogen-bond acceptors (Lipinski definition) is 3. The number of sulfonamides is 1. The molecule has 0 bridgehead atoms. The minimum atomic E-state index is -3.72. The van der Waals surface area contributed by atoms with Crippen molar-refractivity contribution in [3.05, 3.63) is 65.2 Å². The van der Waals surface area contributed by atoms with Crippen molar-refractivity contribution in [3.63, 3.8) is 0 Å². The Hall–Kier alpha value is -2.18. The molecule has 0 saturated carbocycles. The molecule has 0 atom stereocenters. The first-order valence-corrected chi connectivity index (χ1v) is 10.1. The second kappa shape index (κ2) is 8.01. The Morgan fingerprint density at radius 2 is 1.73 bits per heavy atom. The van der Waals surface area contributed by atoms with Gasteiger partial charge in [-0.25, -0.2) is 13.1 Å². The van der Waals surface area contributed by atoms with Crippen molar-refractivity contribution in [2.75, 3.05) is 0 Å². The van der Waals surface area contributed by atoms with Gasteiger partial charge in [0.15, 0.2) is 0 Å². The second-order valence-corrected chi connectivity index (χ2v) is 8.72. The molecule has 0 heterocycles. The minimum absolute atomic E-state index is 0.121. The second-order valence-electron chi connectivity index (χ2n) is 6.98. The van der Waals surface area contributed by atoms with E-state index in [0.717, 1.165) is 12.0 Å². The van der Waals surface area contributed by atoms with Crippen molar-refractivity contribution in [2.24, 2.45) is 0 Å². The lowest BCUT2D eigenvalue weighted by Crippen LogP contribution is -2.42. The van der Waals surface area contributed by atoms with Crippen LogP contribution in [0, 0.1) is 6.92 Å². The van der Waals surface area contributed by atoms with E-state index >= 15 is 0 Å². The molecule has 26 heavy (non-hydrogen) atoms. The molecule has 0 radical (unpaired) electrons. The van der Waals surface area contributed by atoms with E-state index in [1.807, 2.05) is 51.1 Å². The molecule has 0 aliphatic heterocycles. The number of rotatable bonds is 7. The van der Waals surface area contributed by atoms with E-state index in [0.29, 0.717) is 11.1 Å². The highest BCUT2D eigenvalue weighted by atomic mass is 32.2. The average Bonchev–Trinajstić information content (AvgIpc) is 2.61. The zero-order valence-corrected chi connectivity index (χ0v) is 16.5. The highest BCUT2D eigenvalue weighted by molar-refractivity contribution is 7.89. The predicted octanol–water partition coefficient (Wildman–Crippen LogP) is 3.39. The van der Waals surface area contributed by atoms with Crippen LogP contribution in [-0.4, -0.2) is 19.9 Å². The Morgan fingerprint density at radius 1 is 1.08 bits per heavy atom. The van der Waals surface area contributed by atoms with Crippen LogP contribution in [0.3, 0.4) is 0 Å². The Morgan fingerprint density at radius 3 is 2.35 bits per heavy atom. The van der Waals surface area contributed by atoms with E-state index in [2.05, 4.69) is 10.0 Å². The molecule has 2 rings (SSSR count).